The number of nitrogens with zero attached hydrogens (tertiary/aromatic N) is 5. The SMILES string of the molecule is Cn1cnnc1CN(Cc1ccc([N+](=O)[O-])cc1)C1CC1. The van der Waals surface area contributed by atoms with Gasteiger partial charge in [0.05, 0.1) is 11.5 Å². The molecule has 1 aromatic carbocycles. The van der Waals surface area contributed by atoms with E-state index in [1.54, 1.807) is 18.5 Å². The van der Waals surface area contributed by atoms with Crippen molar-refractivity contribution in [2.45, 2.75) is 32.0 Å². The number of non-ortho nitro benzene ring substituents is 1. The minimum atomic E-state index is -0.373. The Balaban J connectivity index is 1.70. The van der Waals surface area contributed by atoms with Gasteiger partial charge < -0.3 is 4.57 Å². The number of hydrogen-bond donors (Lipinski definition) is 0. The van der Waals surface area contributed by atoms with E-state index in [9.17, 15) is 10.1 Å². The van der Waals surface area contributed by atoms with Crippen molar-refractivity contribution < 1.29 is 4.92 Å². The highest BCUT2D eigenvalue weighted by Crippen LogP contribution is 2.29. The molecular formula is C14H17N5O2. The van der Waals surface area contributed by atoms with Crippen LogP contribution in [0.5, 0.6) is 0 Å². The maximum atomic E-state index is 10.7. The number of nitro groups is 1. The largest absolute Gasteiger partial charge is 0.320 e. The lowest BCUT2D eigenvalue weighted by Gasteiger charge is -2.21. The van der Waals surface area contributed by atoms with Crippen molar-refractivity contribution >= 4 is 5.69 Å². The van der Waals surface area contributed by atoms with E-state index in [1.165, 1.54) is 12.8 Å². The first kappa shape index (κ1) is 13.7. The molecule has 7 nitrogen and oxygen atoms in total. The zero-order valence-electron chi connectivity index (χ0n) is 11.8. The first-order valence-corrected chi connectivity index (χ1v) is 6.94. The molecule has 1 saturated carbocycles. The molecule has 0 N–H and O–H groups in total. The second kappa shape index (κ2) is 5.61. The monoisotopic (exact) mass is 287 g/mol. The summed E-state index contributed by atoms with van der Waals surface area (Å²) in [5, 5.41) is 18.7. The summed E-state index contributed by atoms with van der Waals surface area (Å²) >= 11 is 0. The van der Waals surface area contributed by atoms with Crippen LogP contribution in [0.1, 0.15) is 24.2 Å². The van der Waals surface area contributed by atoms with Gasteiger partial charge in [0.1, 0.15) is 12.2 Å². The fourth-order valence-corrected chi connectivity index (χ4v) is 2.34. The van der Waals surface area contributed by atoms with E-state index < -0.39 is 0 Å². The number of aryl methyl sites for hydroxylation is 1. The molecule has 0 aliphatic heterocycles. The average molecular weight is 287 g/mol. The highest BCUT2D eigenvalue weighted by Gasteiger charge is 2.29. The predicted octanol–water partition coefficient (Wildman–Crippen LogP) is 1.89. The van der Waals surface area contributed by atoms with Crippen molar-refractivity contribution in [1.82, 2.24) is 19.7 Å². The number of benzene rings is 1. The zero-order valence-corrected chi connectivity index (χ0v) is 11.8. The molecule has 7 heteroatoms. The van der Waals surface area contributed by atoms with Gasteiger partial charge in [-0.3, -0.25) is 15.0 Å². The summed E-state index contributed by atoms with van der Waals surface area (Å²) < 4.78 is 1.92. The van der Waals surface area contributed by atoms with Gasteiger partial charge in [0.25, 0.3) is 5.69 Å². The molecule has 110 valence electrons. The Morgan fingerprint density at radius 3 is 2.57 bits per heavy atom. The second-order valence-electron chi connectivity index (χ2n) is 5.42. The first-order valence-electron chi connectivity index (χ1n) is 6.94. The van der Waals surface area contributed by atoms with E-state index >= 15 is 0 Å². The van der Waals surface area contributed by atoms with Crippen molar-refractivity contribution in [2.75, 3.05) is 0 Å². The molecule has 1 aliphatic carbocycles. The Hall–Kier alpha value is -2.28. The highest BCUT2D eigenvalue weighted by atomic mass is 16.6. The van der Waals surface area contributed by atoms with Crippen LogP contribution in [0.4, 0.5) is 5.69 Å². The highest BCUT2D eigenvalue weighted by molar-refractivity contribution is 5.32. The van der Waals surface area contributed by atoms with E-state index in [-0.39, 0.29) is 10.6 Å². The zero-order chi connectivity index (χ0) is 14.8. The van der Waals surface area contributed by atoms with Crippen molar-refractivity contribution in [3.63, 3.8) is 0 Å². The van der Waals surface area contributed by atoms with Crippen molar-refractivity contribution in [2.24, 2.45) is 7.05 Å². The van der Waals surface area contributed by atoms with E-state index in [0.717, 1.165) is 24.5 Å². The minimum Gasteiger partial charge on any atom is -0.320 e. The summed E-state index contributed by atoms with van der Waals surface area (Å²) in [6.45, 7) is 1.52. The molecule has 0 unspecified atom stereocenters. The van der Waals surface area contributed by atoms with Gasteiger partial charge in [0.15, 0.2) is 0 Å². The Labute approximate surface area is 122 Å². The molecule has 0 bridgehead atoms. The third-order valence-electron chi connectivity index (χ3n) is 3.75. The summed E-state index contributed by atoms with van der Waals surface area (Å²) in [6.07, 6.45) is 4.10. The second-order valence-corrected chi connectivity index (χ2v) is 5.42. The van der Waals surface area contributed by atoms with Crippen LogP contribution in [0.15, 0.2) is 30.6 Å². The van der Waals surface area contributed by atoms with Crippen LogP contribution in [0.2, 0.25) is 0 Å². The predicted molar refractivity (Wildman–Crippen MR) is 76.4 cm³/mol. The summed E-state index contributed by atoms with van der Waals surface area (Å²) in [4.78, 5) is 12.7. The molecule has 0 radical (unpaired) electrons. The maximum absolute atomic E-state index is 10.7. The molecule has 0 spiro atoms. The fraction of sp³-hybridized carbons (Fsp3) is 0.429. The molecule has 2 aromatic rings. The van der Waals surface area contributed by atoms with E-state index in [1.807, 2.05) is 23.7 Å². The molecule has 0 amide bonds. The van der Waals surface area contributed by atoms with E-state index in [4.69, 9.17) is 0 Å². The van der Waals surface area contributed by atoms with Crippen molar-refractivity contribution in [1.29, 1.82) is 0 Å². The van der Waals surface area contributed by atoms with Crippen LogP contribution >= 0.6 is 0 Å². The number of aromatic nitrogens is 3. The third-order valence-corrected chi connectivity index (χ3v) is 3.75. The summed E-state index contributed by atoms with van der Waals surface area (Å²) in [5.74, 6) is 0.934. The molecule has 3 rings (SSSR count). The standard InChI is InChI=1S/C14H17N5O2/c1-17-10-15-16-14(17)9-18(12-6-7-12)8-11-2-4-13(5-3-11)19(20)21/h2-5,10,12H,6-9H2,1H3. The topological polar surface area (TPSA) is 77.1 Å². The first-order chi connectivity index (χ1) is 10.1. The Morgan fingerprint density at radius 2 is 2.05 bits per heavy atom. The van der Waals surface area contributed by atoms with E-state index in [0.29, 0.717) is 6.04 Å². The molecule has 1 heterocycles. The van der Waals surface area contributed by atoms with Crippen LogP contribution in [0.25, 0.3) is 0 Å². The Morgan fingerprint density at radius 1 is 1.33 bits per heavy atom. The molecule has 21 heavy (non-hydrogen) atoms. The molecule has 1 fully saturated rings. The molecule has 0 atom stereocenters. The summed E-state index contributed by atoms with van der Waals surface area (Å²) in [6, 6.07) is 7.34. The average Bonchev–Trinajstić information content (AvgIpc) is 3.24. The van der Waals surface area contributed by atoms with E-state index in [2.05, 4.69) is 15.1 Å². The lowest BCUT2D eigenvalue weighted by Crippen LogP contribution is -2.26. The molecule has 1 aliphatic rings. The Bertz CT molecular complexity index is 633. The van der Waals surface area contributed by atoms with Crippen LogP contribution < -0.4 is 0 Å². The van der Waals surface area contributed by atoms with Crippen molar-refractivity contribution in [3.05, 3.63) is 52.1 Å². The van der Waals surface area contributed by atoms with Gasteiger partial charge in [-0.15, -0.1) is 10.2 Å². The van der Waals surface area contributed by atoms with Crippen LogP contribution in [-0.2, 0) is 20.1 Å². The lowest BCUT2D eigenvalue weighted by molar-refractivity contribution is -0.384. The minimum absolute atomic E-state index is 0.130. The van der Waals surface area contributed by atoms with Crippen LogP contribution in [0.3, 0.4) is 0 Å². The van der Waals surface area contributed by atoms with Gasteiger partial charge >= 0.3 is 0 Å². The normalized spacial score (nSPS) is 14.6. The van der Waals surface area contributed by atoms with Gasteiger partial charge in [-0.1, -0.05) is 12.1 Å². The number of nitro benzene ring substituents is 1. The van der Waals surface area contributed by atoms with Crippen LogP contribution in [0, 0.1) is 10.1 Å². The number of hydrogen-bond acceptors (Lipinski definition) is 5. The lowest BCUT2D eigenvalue weighted by atomic mass is 10.2. The summed E-state index contributed by atoms with van der Waals surface area (Å²) in [5.41, 5.74) is 1.21. The van der Waals surface area contributed by atoms with Gasteiger partial charge in [-0.25, -0.2) is 0 Å². The van der Waals surface area contributed by atoms with Crippen molar-refractivity contribution in [3.8, 4) is 0 Å². The fourth-order valence-electron chi connectivity index (χ4n) is 2.34. The van der Waals surface area contributed by atoms with Gasteiger partial charge in [0, 0.05) is 31.8 Å². The molecular weight excluding hydrogens is 270 g/mol. The summed E-state index contributed by atoms with van der Waals surface area (Å²) in [7, 11) is 1.94. The van der Waals surface area contributed by atoms with Crippen LogP contribution in [-0.4, -0.2) is 30.6 Å². The van der Waals surface area contributed by atoms with Gasteiger partial charge in [0.2, 0.25) is 0 Å². The smallest absolute Gasteiger partial charge is 0.269 e. The van der Waals surface area contributed by atoms with Gasteiger partial charge in [-0.2, -0.15) is 0 Å². The Kier molecular flexibility index (Phi) is 3.66. The van der Waals surface area contributed by atoms with Gasteiger partial charge in [-0.05, 0) is 18.4 Å². The molecule has 1 aromatic heterocycles. The number of rotatable bonds is 6. The third kappa shape index (κ3) is 3.25. The maximum Gasteiger partial charge on any atom is 0.269 e. The quantitative estimate of drug-likeness (QED) is 0.599. The molecule has 0 saturated heterocycles.